The van der Waals surface area contributed by atoms with Crippen molar-refractivity contribution < 1.29 is 14.4 Å². The summed E-state index contributed by atoms with van der Waals surface area (Å²) < 4.78 is 5.12. The van der Waals surface area contributed by atoms with Gasteiger partial charge in [0.25, 0.3) is 5.91 Å². The van der Waals surface area contributed by atoms with E-state index in [4.69, 9.17) is 17.0 Å². The van der Waals surface area contributed by atoms with Gasteiger partial charge in [-0.1, -0.05) is 36.5 Å². The number of amides is 1. The number of thiophene rings is 1. The summed E-state index contributed by atoms with van der Waals surface area (Å²) in [7, 11) is 2.20. The molecule has 1 aromatic carbocycles. The largest absolute Gasteiger partial charge is 0.763 e. The van der Waals surface area contributed by atoms with E-state index >= 15 is 0 Å². The smallest absolute Gasteiger partial charge is 0.254 e. The number of carbonyl (C=O) groups is 1. The fraction of sp³-hybridized carbons (Fsp3) is 0.304. The van der Waals surface area contributed by atoms with Crippen molar-refractivity contribution in [3.05, 3.63) is 75.0 Å². The normalized spacial score (nSPS) is 19.1. The monoisotopic (exact) mass is 454 g/mol. The molecular weight excluding hydrogens is 428 g/mol. The Hall–Kier alpha value is -2.61. The van der Waals surface area contributed by atoms with Crippen LogP contribution in [0.5, 0.6) is 0 Å². The first-order chi connectivity index (χ1) is 15.0. The molecule has 3 heterocycles. The molecule has 2 aliphatic heterocycles. The third-order valence-electron chi connectivity index (χ3n) is 5.10. The van der Waals surface area contributed by atoms with Crippen molar-refractivity contribution in [2.75, 3.05) is 38.7 Å². The molecule has 162 valence electrons. The zero-order chi connectivity index (χ0) is 22.2. The molecule has 0 spiro atoms. The van der Waals surface area contributed by atoms with Crippen molar-refractivity contribution in [2.45, 2.75) is 12.8 Å². The number of rotatable bonds is 3. The third kappa shape index (κ3) is 5.97. The lowest BCUT2D eigenvalue weighted by atomic mass is 9.85. The molecule has 31 heavy (non-hydrogen) atoms. The van der Waals surface area contributed by atoms with E-state index in [1.165, 1.54) is 24.4 Å². The van der Waals surface area contributed by atoms with Crippen molar-refractivity contribution in [1.82, 2.24) is 5.32 Å². The van der Waals surface area contributed by atoms with Crippen LogP contribution in [0.25, 0.3) is 5.41 Å². The Morgan fingerprint density at radius 1 is 1.26 bits per heavy atom. The van der Waals surface area contributed by atoms with Crippen LogP contribution in [0.3, 0.4) is 0 Å². The van der Waals surface area contributed by atoms with Crippen LogP contribution < -0.4 is 15.5 Å². The molecule has 2 aromatic rings. The van der Waals surface area contributed by atoms with Crippen LogP contribution in [0.2, 0.25) is 0 Å². The van der Waals surface area contributed by atoms with Crippen molar-refractivity contribution in [3.63, 3.8) is 0 Å². The molecule has 4 rings (SSSR count). The molecule has 0 radical (unpaired) electrons. The van der Waals surface area contributed by atoms with E-state index in [0.29, 0.717) is 27.5 Å². The minimum absolute atomic E-state index is 0.236. The number of nitrogens with zero attached hydrogens (tertiary/aromatic N) is 1. The van der Waals surface area contributed by atoms with Gasteiger partial charge < -0.3 is 25.7 Å². The minimum Gasteiger partial charge on any atom is -0.763 e. The van der Waals surface area contributed by atoms with E-state index in [1.54, 1.807) is 11.8 Å². The molecular formula is C23H26N4O2S2. The van der Waals surface area contributed by atoms with Crippen LogP contribution in [0.15, 0.2) is 64.7 Å². The molecule has 1 unspecified atom stereocenters. The van der Waals surface area contributed by atoms with Gasteiger partial charge in [-0.15, -0.1) is 11.3 Å². The second-order valence-electron chi connectivity index (χ2n) is 7.36. The van der Waals surface area contributed by atoms with Crippen molar-refractivity contribution >= 4 is 46.0 Å². The number of ether oxygens (including phenoxy) is 1. The Kier molecular flexibility index (Phi) is 8.28. The average Bonchev–Trinajstić information content (AvgIpc) is 3.29. The molecule has 0 aliphatic carbocycles. The number of hydrogen-bond acceptors (Lipinski definition) is 4. The topological polar surface area (TPSA) is 77.1 Å². The van der Waals surface area contributed by atoms with Gasteiger partial charge in [-0.3, -0.25) is 10.7 Å². The van der Waals surface area contributed by atoms with Crippen LogP contribution in [0, 0.1) is 0 Å². The molecule has 0 bridgehead atoms. The molecule has 8 heteroatoms. The molecule has 1 fully saturated rings. The van der Waals surface area contributed by atoms with Crippen molar-refractivity contribution in [2.24, 2.45) is 0 Å². The first-order valence-corrected chi connectivity index (χ1v) is 11.4. The van der Waals surface area contributed by atoms with E-state index in [-0.39, 0.29) is 5.91 Å². The third-order valence-corrected chi connectivity index (χ3v) is 6.36. The maximum Gasteiger partial charge on any atom is 0.254 e. The van der Waals surface area contributed by atoms with E-state index in [9.17, 15) is 10.2 Å². The Morgan fingerprint density at radius 2 is 1.97 bits per heavy atom. The SMILES string of the molecule is CC1=C(C(=O)Nc2ccccc2)C(c2cccs2)C(=C=[N-])C(=S)N1.C[NH+]1CCOCC1. The number of nitrogens with one attached hydrogen (secondary N) is 3. The van der Waals surface area contributed by atoms with Crippen molar-refractivity contribution in [3.8, 4) is 0 Å². The summed E-state index contributed by atoms with van der Waals surface area (Å²) >= 11 is 6.80. The summed E-state index contributed by atoms with van der Waals surface area (Å²) in [4.78, 5) is 15.8. The second-order valence-corrected chi connectivity index (χ2v) is 8.74. The second kappa shape index (κ2) is 11.1. The predicted octanol–water partition coefficient (Wildman–Crippen LogP) is 2.37. The predicted molar refractivity (Wildman–Crippen MR) is 130 cm³/mol. The number of morpholine rings is 1. The summed E-state index contributed by atoms with van der Waals surface area (Å²) in [6.07, 6.45) is 0. The number of quaternary nitrogens is 1. The van der Waals surface area contributed by atoms with Gasteiger partial charge in [0.15, 0.2) is 0 Å². The lowest BCUT2D eigenvalue weighted by Gasteiger charge is -2.30. The summed E-state index contributed by atoms with van der Waals surface area (Å²) in [5, 5.41) is 17.3. The van der Waals surface area contributed by atoms with E-state index in [1.807, 2.05) is 47.8 Å². The summed E-state index contributed by atoms with van der Waals surface area (Å²) in [5.41, 5.74) is 2.30. The molecule has 1 amide bonds. The highest BCUT2D eigenvalue weighted by Gasteiger charge is 2.34. The standard InChI is InChI=1S/C18H14N3OS2.C5H11NO/c1-11-15(17(22)21-12-6-3-2-4-7-12)16(14-8-5-9-24-14)13(10-19)18(23)20-11;1-6-2-4-7-5-3-6/h2-9,16H,1H3,(H,20,23)(H,21,22);2-5H2,1H3/q-1;/p+1. The van der Waals surface area contributed by atoms with E-state index in [2.05, 4.69) is 23.6 Å². The van der Waals surface area contributed by atoms with Crippen LogP contribution in [0.4, 0.5) is 5.69 Å². The molecule has 2 aliphatic rings. The lowest BCUT2D eigenvalue weighted by Crippen LogP contribution is -3.11. The van der Waals surface area contributed by atoms with Crippen LogP contribution in [-0.2, 0) is 9.53 Å². The quantitative estimate of drug-likeness (QED) is 0.378. The maximum absolute atomic E-state index is 12.9. The lowest BCUT2D eigenvalue weighted by molar-refractivity contribution is -0.888. The number of carbonyl (C=O) groups excluding carboxylic acids is 1. The molecule has 3 N–H and O–H groups in total. The number of allylic oxidation sites excluding steroid dienone is 1. The van der Waals surface area contributed by atoms with Crippen LogP contribution in [-0.4, -0.2) is 50.1 Å². The number of para-hydroxylation sites is 1. The fourth-order valence-corrected chi connectivity index (χ4v) is 4.55. The number of hydrogen-bond donors (Lipinski definition) is 3. The van der Waals surface area contributed by atoms with Gasteiger partial charge in [-0.25, -0.2) is 0 Å². The zero-order valence-electron chi connectivity index (χ0n) is 17.6. The highest BCUT2D eigenvalue weighted by molar-refractivity contribution is 7.80. The molecule has 1 aromatic heterocycles. The summed E-state index contributed by atoms with van der Waals surface area (Å²) in [6, 6.07) is 13.1. The van der Waals surface area contributed by atoms with Gasteiger partial charge in [-0.2, -0.15) is 0 Å². The number of anilines is 1. The highest BCUT2D eigenvalue weighted by Crippen LogP contribution is 2.38. The first-order valence-electron chi connectivity index (χ1n) is 10.1. The van der Waals surface area contributed by atoms with Gasteiger partial charge in [0.05, 0.1) is 26.2 Å². The average molecular weight is 455 g/mol. The van der Waals surface area contributed by atoms with Gasteiger partial charge in [0.2, 0.25) is 0 Å². The molecule has 1 atom stereocenters. The van der Waals surface area contributed by atoms with E-state index < -0.39 is 5.92 Å². The Bertz CT molecular complexity index is 990. The van der Waals surface area contributed by atoms with Gasteiger partial charge in [-0.05, 0) is 30.5 Å². The van der Waals surface area contributed by atoms with Crippen LogP contribution >= 0.6 is 23.6 Å². The number of likely N-dealkylation sites (N-methyl/N-ethyl adjacent to an activating group) is 1. The molecule has 1 saturated heterocycles. The fourth-order valence-electron chi connectivity index (χ4n) is 3.39. The van der Waals surface area contributed by atoms with Gasteiger partial charge in [0, 0.05) is 27.4 Å². The molecule has 0 saturated carbocycles. The van der Waals surface area contributed by atoms with Crippen LogP contribution in [0.1, 0.15) is 17.7 Å². The number of thiocarbonyl (C=S) groups is 1. The van der Waals surface area contributed by atoms with Gasteiger partial charge >= 0.3 is 0 Å². The maximum atomic E-state index is 12.9. The Balaban J connectivity index is 0.000000330. The Morgan fingerprint density at radius 3 is 2.52 bits per heavy atom. The summed E-state index contributed by atoms with van der Waals surface area (Å²) in [6.45, 7) is 6.07. The first kappa shape index (κ1) is 23.1. The van der Waals surface area contributed by atoms with E-state index in [0.717, 1.165) is 18.1 Å². The summed E-state index contributed by atoms with van der Waals surface area (Å²) in [5.74, 6) is 1.49. The number of benzene rings is 1. The zero-order valence-corrected chi connectivity index (χ0v) is 19.2. The highest BCUT2D eigenvalue weighted by atomic mass is 32.1. The van der Waals surface area contributed by atoms with Crippen molar-refractivity contribution in [1.29, 1.82) is 0 Å². The Labute approximate surface area is 192 Å². The van der Waals surface area contributed by atoms with Gasteiger partial charge in [0.1, 0.15) is 18.1 Å². The molecule has 6 nitrogen and oxygen atoms in total. The minimum atomic E-state index is -0.438.